The number of hydrogen-bond acceptors (Lipinski definition) is 4. The second-order valence-electron chi connectivity index (χ2n) is 6.04. The molecule has 0 radical (unpaired) electrons. The lowest BCUT2D eigenvalue weighted by molar-refractivity contribution is -0.137. The number of H-pyrrole nitrogens is 1. The van der Waals surface area contributed by atoms with E-state index in [-0.39, 0.29) is 17.2 Å². The van der Waals surface area contributed by atoms with Gasteiger partial charge in [0.1, 0.15) is 12.1 Å². The van der Waals surface area contributed by atoms with E-state index >= 15 is 0 Å². The van der Waals surface area contributed by atoms with Crippen molar-refractivity contribution in [1.82, 2.24) is 24.7 Å². The van der Waals surface area contributed by atoms with Crippen LogP contribution in [0.2, 0.25) is 0 Å². The number of carbonyl (C=O) groups excluding carboxylic acids is 1. The van der Waals surface area contributed by atoms with Gasteiger partial charge in [0.05, 0.1) is 11.1 Å². The minimum atomic E-state index is -4.47. The maximum atomic E-state index is 13.3. The highest BCUT2D eigenvalue weighted by atomic mass is 19.4. The molecule has 4 aromatic rings. The highest BCUT2D eigenvalue weighted by molar-refractivity contribution is 6.02. The predicted molar refractivity (Wildman–Crippen MR) is 95.5 cm³/mol. The summed E-state index contributed by atoms with van der Waals surface area (Å²) in [6.45, 7) is 0. The first-order valence-corrected chi connectivity index (χ1v) is 8.13. The quantitative estimate of drug-likeness (QED) is 0.563. The second kappa shape index (κ2) is 6.48. The smallest absolute Gasteiger partial charge is 0.354 e. The number of halogens is 3. The number of pyridine rings is 1. The first-order chi connectivity index (χ1) is 13.3. The largest absolute Gasteiger partial charge is 0.417 e. The van der Waals surface area contributed by atoms with Gasteiger partial charge in [-0.3, -0.25) is 4.79 Å². The van der Waals surface area contributed by atoms with Gasteiger partial charge in [-0.25, -0.2) is 14.6 Å². The first kappa shape index (κ1) is 17.7. The fourth-order valence-electron chi connectivity index (χ4n) is 2.88. The van der Waals surface area contributed by atoms with Crippen molar-refractivity contribution in [3.05, 3.63) is 60.3 Å². The zero-order valence-corrected chi connectivity index (χ0v) is 14.4. The molecule has 1 amide bonds. The number of nitrogens with one attached hydrogen (secondary N) is 2. The van der Waals surface area contributed by atoms with Crippen LogP contribution in [0.3, 0.4) is 0 Å². The molecule has 0 atom stereocenters. The molecule has 0 bridgehead atoms. The molecule has 0 unspecified atom stereocenters. The van der Waals surface area contributed by atoms with Crippen molar-refractivity contribution in [1.29, 1.82) is 0 Å². The number of alkyl halides is 3. The molecule has 0 saturated carbocycles. The lowest BCUT2D eigenvalue weighted by Gasteiger charge is -2.11. The minimum absolute atomic E-state index is 0.0378. The molecular formula is C18H13F3N6O. The number of aromatic amines is 1. The van der Waals surface area contributed by atoms with Gasteiger partial charge in [-0.05, 0) is 12.1 Å². The van der Waals surface area contributed by atoms with E-state index in [1.165, 1.54) is 29.3 Å². The lowest BCUT2D eigenvalue weighted by Crippen LogP contribution is -2.18. The van der Waals surface area contributed by atoms with E-state index in [4.69, 9.17) is 0 Å². The SMILES string of the molecule is Cn1ncnc1C(=O)Nc1cc2[nH]c(-c3ccccc3C(F)(F)F)cc2cn1. The van der Waals surface area contributed by atoms with Gasteiger partial charge in [-0.15, -0.1) is 0 Å². The predicted octanol–water partition coefficient (Wildman–Crippen LogP) is 3.63. The Morgan fingerprint density at radius 3 is 2.68 bits per heavy atom. The van der Waals surface area contributed by atoms with Crippen LogP contribution in [0, 0.1) is 0 Å². The molecule has 7 nitrogen and oxygen atoms in total. The van der Waals surface area contributed by atoms with E-state index in [1.807, 2.05) is 0 Å². The number of fused-ring (bicyclic) bond motifs is 1. The van der Waals surface area contributed by atoms with Crippen LogP contribution in [0.4, 0.5) is 19.0 Å². The van der Waals surface area contributed by atoms with E-state index < -0.39 is 17.6 Å². The van der Waals surface area contributed by atoms with Crippen LogP contribution in [0.15, 0.2) is 48.9 Å². The molecule has 0 aliphatic carbocycles. The van der Waals surface area contributed by atoms with Gasteiger partial charge in [-0.1, -0.05) is 18.2 Å². The first-order valence-electron chi connectivity index (χ1n) is 8.13. The van der Waals surface area contributed by atoms with Crippen LogP contribution in [0.5, 0.6) is 0 Å². The summed E-state index contributed by atoms with van der Waals surface area (Å²) in [5.74, 6) is -0.160. The van der Waals surface area contributed by atoms with Crippen LogP contribution in [-0.2, 0) is 13.2 Å². The van der Waals surface area contributed by atoms with Gasteiger partial charge < -0.3 is 10.3 Å². The van der Waals surface area contributed by atoms with Crippen molar-refractivity contribution in [2.24, 2.45) is 7.05 Å². The van der Waals surface area contributed by atoms with E-state index in [9.17, 15) is 18.0 Å². The Kier molecular flexibility index (Phi) is 4.10. The van der Waals surface area contributed by atoms with Crippen molar-refractivity contribution in [3.63, 3.8) is 0 Å². The lowest BCUT2D eigenvalue weighted by atomic mass is 10.0. The highest BCUT2D eigenvalue weighted by Gasteiger charge is 2.33. The number of aryl methyl sites for hydroxylation is 1. The number of anilines is 1. The Bertz CT molecular complexity index is 1180. The molecule has 3 heterocycles. The Balaban J connectivity index is 1.68. The molecule has 2 N–H and O–H groups in total. The molecule has 0 aliphatic rings. The average Bonchev–Trinajstić information content (AvgIpc) is 3.26. The number of aromatic nitrogens is 5. The van der Waals surface area contributed by atoms with Crippen molar-refractivity contribution in [3.8, 4) is 11.3 Å². The van der Waals surface area contributed by atoms with Crippen LogP contribution >= 0.6 is 0 Å². The number of carbonyl (C=O) groups is 1. The van der Waals surface area contributed by atoms with Gasteiger partial charge in [0, 0.05) is 36.0 Å². The molecule has 10 heteroatoms. The fraction of sp³-hybridized carbons (Fsp3) is 0.111. The van der Waals surface area contributed by atoms with E-state index in [1.54, 1.807) is 25.2 Å². The Labute approximate surface area is 156 Å². The Morgan fingerprint density at radius 1 is 1.18 bits per heavy atom. The van der Waals surface area contributed by atoms with E-state index in [2.05, 4.69) is 25.4 Å². The third-order valence-electron chi connectivity index (χ3n) is 4.18. The Morgan fingerprint density at radius 2 is 1.96 bits per heavy atom. The standard InChI is InChI=1S/C18H13F3N6O/c1-27-16(23-9-24-27)17(28)26-15-7-13-10(8-22-15)6-14(25-13)11-4-2-3-5-12(11)18(19,20)21/h2-9,25H,1H3,(H,22,26,28). The van der Waals surface area contributed by atoms with Crippen LogP contribution in [0.1, 0.15) is 16.2 Å². The normalized spacial score (nSPS) is 11.7. The number of rotatable bonds is 3. The number of nitrogens with zero attached hydrogens (tertiary/aromatic N) is 4. The summed E-state index contributed by atoms with van der Waals surface area (Å²) in [4.78, 5) is 23.1. The number of benzene rings is 1. The van der Waals surface area contributed by atoms with Crippen molar-refractivity contribution < 1.29 is 18.0 Å². The monoisotopic (exact) mass is 386 g/mol. The summed E-state index contributed by atoms with van der Waals surface area (Å²) >= 11 is 0. The summed E-state index contributed by atoms with van der Waals surface area (Å²) in [5, 5.41) is 7.02. The van der Waals surface area contributed by atoms with E-state index in [0.29, 0.717) is 16.6 Å². The number of hydrogen-bond donors (Lipinski definition) is 2. The maximum Gasteiger partial charge on any atom is 0.417 e. The molecule has 3 aromatic heterocycles. The van der Waals surface area contributed by atoms with Gasteiger partial charge in [0.2, 0.25) is 5.82 Å². The van der Waals surface area contributed by atoms with E-state index in [0.717, 1.165) is 6.07 Å². The molecular weight excluding hydrogens is 373 g/mol. The minimum Gasteiger partial charge on any atom is -0.354 e. The van der Waals surface area contributed by atoms with Crippen LogP contribution < -0.4 is 5.32 Å². The van der Waals surface area contributed by atoms with Gasteiger partial charge in [-0.2, -0.15) is 18.3 Å². The summed E-state index contributed by atoms with van der Waals surface area (Å²) in [5.41, 5.74) is 0.151. The molecule has 142 valence electrons. The van der Waals surface area contributed by atoms with Crippen LogP contribution in [0.25, 0.3) is 22.2 Å². The zero-order chi connectivity index (χ0) is 19.9. The van der Waals surface area contributed by atoms with Gasteiger partial charge >= 0.3 is 6.18 Å². The van der Waals surface area contributed by atoms with Crippen molar-refractivity contribution in [2.45, 2.75) is 6.18 Å². The molecule has 28 heavy (non-hydrogen) atoms. The maximum absolute atomic E-state index is 13.3. The summed E-state index contributed by atoms with van der Waals surface area (Å²) in [6.07, 6.45) is -1.75. The molecule has 4 rings (SSSR count). The highest BCUT2D eigenvalue weighted by Crippen LogP contribution is 2.37. The van der Waals surface area contributed by atoms with Gasteiger partial charge in [0.25, 0.3) is 5.91 Å². The second-order valence-corrected chi connectivity index (χ2v) is 6.04. The molecule has 0 saturated heterocycles. The third-order valence-corrected chi connectivity index (χ3v) is 4.18. The summed E-state index contributed by atoms with van der Waals surface area (Å²) in [6, 6.07) is 8.45. The van der Waals surface area contributed by atoms with Crippen LogP contribution in [-0.4, -0.2) is 30.6 Å². The average molecular weight is 386 g/mol. The summed E-state index contributed by atoms with van der Waals surface area (Å²) in [7, 11) is 1.58. The zero-order valence-electron chi connectivity index (χ0n) is 14.4. The van der Waals surface area contributed by atoms with Crippen molar-refractivity contribution >= 4 is 22.6 Å². The van der Waals surface area contributed by atoms with Crippen molar-refractivity contribution in [2.75, 3.05) is 5.32 Å². The third kappa shape index (κ3) is 3.20. The molecule has 0 aliphatic heterocycles. The fourth-order valence-corrected chi connectivity index (χ4v) is 2.88. The topological polar surface area (TPSA) is 88.5 Å². The number of amides is 1. The summed E-state index contributed by atoms with van der Waals surface area (Å²) < 4.78 is 41.1. The Hall–Kier alpha value is -3.69. The van der Waals surface area contributed by atoms with Gasteiger partial charge in [0.15, 0.2) is 0 Å². The molecule has 0 fully saturated rings. The molecule has 1 aromatic carbocycles. The molecule has 0 spiro atoms.